The summed E-state index contributed by atoms with van der Waals surface area (Å²) in [5, 5.41) is 9.13. The molecule has 0 radical (unpaired) electrons. The highest BCUT2D eigenvalue weighted by Gasteiger charge is 2.15. The van der Waals surface area contributed by atoms with Gasteiger partial charge in [-0.05, 0) is 42.9 Å². The van der Waals surface area contributed by atoms with E-state index in [9.17, 15) is 4.39 Å². The molecule has 0 aromatic heterocycles. The molecule has 1 aromatic carbocycles. The molecule has 0 saturated carbocycles. The fourth-order valence-corrected chi connectivity index (χ4v) is 1.85. The first-order valence-corrected chi connectivity index (χ1v) is 4.89. The summed E-state index contributed by atoms with van der Waals surface area (Å²) in [6.45, 7) is 0. The first-order valence-electron chi connectivity index (χ1n) is 4.89. The van der Waals surface area contributed by atoms with E-state index in [1.54, 1.807) is 18.2 Å². The molecule has 1 N–H and O–H groups in total. The molecule has 0 saturated heterocycles. The third-order valence-corrected chi connectivity index (χ3v) is 2.72. The molecule has 0 bridgehead atoms. The van der Waals surface area contributed by atoms with Gasteiger partial charge in [-0.15, -0.1) is 0 Å². The number of rotatable bonds is 1. The van der Waals surface area contributed by atoms with Crippen LogP contribution in [0.15, 0.2) is 36.2 Å². The number of aromatic hydroxyl groups is 1. The normalized spacial score (nSPS) is 21.8. The van der Waals surface area contributed by atoms with Crippen molar-refractivity contribution in [1.29, 1.82) is 0 Å². The van der Waals surface area contributed by atoms with Gasteiger partial charge in [0.15, 0.2) is 0 Å². The van der Waals surface area contributed by atoms with E-state index >= 15 is 0 Å². The number of benzene rings is 1. The van der Waals surface area contributed by atoms with Crippen molar-refractivity contribution in [3.63, 3.8) is 0 Å². The van der Waals surface area contributed by atoms with Crippen LogP contribution >= 0.6 is 0 Å². The Labute approximate surface area is 82.9 Å². The maximum absolute atomic E-state index is 12.8. The molecule has 0 fully saturated rings. The lowest BCUT2D eigenvalue weighted by atomic mass is 9.87. The number of halogens is 1. The summed E-state index contributed by atoms with van der Waals surface area (Å²) in [5.41, 5.74) is 1.19. The van der Waals surface area contributed by atoms with Crippen LogP contribution in [0.2, 0.25) is 0 Å². The summed E-state index contributed by atoms with van der Waals surface area (Å²) in [7, 11) is 0. The summed E-state index contributed by atoms with van der Waals surface area (Å²) >= 11 is 0. The summed E-state index contributed by atoms with van der Waals surface area (Å²) < 4.78 is 12.8. The molecule has 1 atom stereocenters. The molecule has 2 rings (SSSR count). The number of phenols is 1. The smallest absolute Gasteiger partial charge is 0.115 e. The van der Waals surface area contributed by atoms with Crippen LogP contribution in [0.4, 0.5) is 4.39 Å². The van der Waals surface area contributed by atoms with Crippen molar-refractivity contribution in [2.24, 2.45) is 0 Å². The molecule has 1 aromatic rings. The molecular formula is C12H13FO. The van der Waals surface area contributed by atoms with Crippen LogP contribution in [0.25, 0.3) is 0 Å². The molecule has 1 unspecified atom stereocenters. The first kappa shape index (κ1) is 9.25. The van der Waals surface area contributed by atoms with E-state index in [1.807, 2.05) is 12.1 Å². The van der Waals surface area contributed by atoms with Crippen LogP contribution in [-0.4, -0.2) is 5.11 Å². The van der Waals surface area contributed by atoms with Crippen LogP contribution in [0.1, 0.15) is 30.7 Å². The van der Waals surface area contributed by atoms with Gasteiger partial charge in [-0.25, -0.2) is 4.39 Å². The van der Waals surface area contributed by atoms with Crippen LogP contribution in [0.3, 0.4) is 0 Å². The fourth-order valence-electron chi connectivity index (χ4n) is 1.85. The summed E-state index contributed by atoms with van der Waals surface area (Å²) in [6, 6.07) is 7.20. The molecule has 74 valence electrons. The standard InChI is InChI=1S/C12H13FO/c13-11-5-1-9(2-6-11)10-3-7-12(14)8-4-10/h3-5,7-9,14H,1-2,6H2. The fraction of sp³-hybridized carbons (Fsp3) is 0.333. The maximum Gasteiger partial charge on any atom is 0.115 e. The number of phenolic OH excluding ortho intramolecular Hbond substituents is 1. The van der Waals surface area contributed by atoms with E-state index in [0.717, 1.165) is 12.8 Å². The zero-order valence-electron chi connectivity index (χ0n) is 7.91. The van der Waals surface area contributed by atoms with E-state index in [2.05, 4.69) is 0 Å². The van der Waals surface area contributed by atoms with E-state index in [0.29, 0.717) is 12.3 Å². The van der Waals surface area contributed by atoms with Crippen molar-refractivity contribution in [1.82, 2.24) is 0 Å². The Morgan fingerprint density at radius 3 is 2.50 bits per heavy atom. The van der Waals surface area contributed by atoms with Gasteiger partial charge in [-0.3, -0.25) is 0 Å². The first-order chi connectivity index (χ1) is 6.75. The molecule has 2 heteroatoms. The molecule has 0 aliphatic heterocycles. The second-order valence-electron chi connectivity index (χ2n) is 3.71. The van der Waals surface area contributed by atoms with Gasteiger partial charge in [0.05, 0.1) is 5.83 Å². The van der Waals surface area contributed by atoms with Crippen molar-refractivity contribution in [2.75, 3.05) is 0 Å². The second-order valence-corrected chi connectivity index (χ2v) is 3.71. The van der Waals surface area contributed by atoms with E-state index < -0.39 is 0 Å². The van der Waals surface area contributed by atoms with Gasteiger partial charge in [0, 0.05) is 0 Å². The van der Waals surface area contributed by atoms with Gasteiger partial charge in [0.1, 0.15) is 5.75 Å². The third-order valence-electron chi connectivity index (χ3n) is 2.72. The summed E-state index contributed by atoms with van der Waals surface area (Å²) in [5.74, 6) is 0.710. The second kappa shape index (κ2) is 3.82. The van der Waals surface area contributed by atoms with Gasteiger partial charge >= 0.3 is 0 Å². The number of hydrogen-bond donors (Lipinski definition) is 1. The van der Waals surface area contributed by atoms with E-state index in [4.69, 9.17) is 5.11 Å². The van der Waals surface area contributed by atoms with Crippen LogP contribution < -0.4 is 0 Å². The van der Waals surface area contributed by atoms with Gasteiger partial charge in [0.25, 0.3) is 0 Å². The average Bonchev–Trinajstić information content (AvgIpc) is 2.21. The Bertz CT molecular complexity index is 340. The van der Waals surface area contributed by atoms with Crippen molar-refractivity contribution in [3.8, 4) is 5.75 Å². The van der Waals surface area contributed by atoms with Gasteiger partial charge in [-0.2, -0.15) is 0 Å². The number of hydrogen-bond acceptors (Lipinski definition) is 1. The highest BCUT2D eigenvalue weighted by Crippen LogP contribution is 2.32. The predicted octanol–water partition coefficient (Wildman–Crippen LogP) is 3.51. The third kappa shape index (κ3) is 1.95. The lowest BCUT2D eigenvalue weighted by molar-refractivity contribution is 0.473. The van der Waals surface area contributed by atoms with Crippen molar-refractivity contribution in [2.45, 2.75) is 25.2 Å². The maximum atomic E-state index is 12.8. The Morgan fingerprint density at radius 2 is 1.93 bits per heavy atom. The van der Waals surface area contributed by atoms with Crippen molar-refractivity contribution in [3.05, 3.63) is 41.7 Å². The molecule has 1 aliphatic rings. The minimum Gasteiger partial charge on any atom is -0.508 e. The molecule has 0 spiro atoms. The Kier molecular flexibility index (Phi) is 2.53. The van der Waals surface area contributed by atoms with E-state index in [-0.39, 0.29) is 11.6 Å². The van der Waals surface area contributed by atoms with Crippen LogP contribution in [0.5, 0.6) is 5.75 Å². The van der Waals surface area contributed by atoms with Crippen molar-refractivity contribution >= 4 is 0 Å². The summed E-state index contributed by atoms with van der Waals surface area (Å²) in [4.78, 5) is 0. The zero-order valence-corrected chi connectivity index (χ0v) is 7.91. The van der Waals surface area contributed by atoms with Gasteiger partial charge in [0.2, 0.25) is 0 Å². The summed E-state index contributed by atoms with van der Waals surface area (Å²) in [6.07, 6.45) is 3.86. The Balaban J connectivity index is 2.13. The lowest BCUT2D eigenvalue weighted by Gasteiger charge is -2.19. The molecule has 1 nitrogen and oxygen atoms in total. The molecule has 14 heavy (non-hydrogen) atoms. The van der Waals surface area contributed by atoms with Crippen molar-refractivity contribution < 1.29 is 9.50 Å². The molecule has 0 amide bonds. The highest BCUT2D eigenvalue weighted by atomic mass is 19.1. The van der Waals surface area contributed by atoms with Crippen LogP contribution in [-0.2, 0) is 0 Å². The van der Waals surface area contributed by atoms with E-state index in [1.165, 1.54) is 5.56 Å². The molecule has 0 heterocycles. The highest BCUT2D eigenvalue weighted by molar-refractivity contribution is 5.29. The minimum absolute atomic E-state index is 0.0139. The zero-order chi connectivity index (χ0) is 9.97. The number of allylic oxidation sites excluding steroid dienone is 2. The molecule has 1 aliphatic carbocycles. The topological polar surface area (TPSA) is 20.2 Å². The molecular weight excluding hydrogens is 179 g/mol. The quantitative estimate of drug-likeness (QED) is 0.721. The Hall–Kier alpha value is -1.31. The Morgan fingerprint density at radius 1 is 1.21 bits per heavy atom. The average molecular weight is 192 g/mol. The van der Waals surface area contributed by atoms with Gasteiger partial charge < -0.3 is 5.11 Å². The monoisotopic (exact) mass is 192 g/mol. The predicted molar refractivity (Wildman–Crippen MR) is 53.9 cm³/mol. The lowest BCUT2D eigenvalue weighted by Crippen LogP contribution is -2.02. The van der Waals surface area contributed by atoms with Crippen LogP contribution in [0, 0.1) is 0 Å². The van der Waals surface area contributed by atoms with Gasteiger partial charge in [-0.1, -0.05) is 18.2 Å². The largest absolute Gasteiger partial charge is 0.508 e. The minimum atomic E-state index is 0.0139. The SMILES string of the molecule is Oc1ccc(C2CC=C(F)CC2)cc1.